The van der Waals surface area contributed by atoms with Crippen LogP contribution in [0, 0.1) is 0 Å². The number of fused-ring (bicyclic) bond motifs is 1. The van der Waals surface area contributed by atoms with Crippen LogP contribution in [0.3, 0.4) is 0 Å². The lowest BCUT2D eigenvalue weighted by Gasteiger charge is -2.36. The van der Waals surface area contributed by atoms with Crippen LogP contribution in [0.5, 0.6) is 0 Å². The molecule has 0 spiro atoms. The van der Waals surface area contributed by atoms with Gasteiger partial charge in [0.05, 0.1) is 0 Å². The van der Waals surface area contributed by atoms with Crippen molar-refractivity contribution in [1.29, 1.82) is 0 Å². The van der Waals surface area contributed by atoms with Gasteiger partial charge >= 0.3 is 0 Å². The Morgan fingerprint density at radius 2 is 1.75 bits per heavy atom. The second kappa shape index (κ2) is 5.37. The van der Waals surface area contributed by atoms with Gasteiger partial charge in [-0.3, -0.25) is 0 Å². The number of hydrogen-bond donors (Lipinski definition) is 0. The zero-order chi connectivity index (χ0) is 14.0. The lowest BCUT2D eigenvalue weighted by molar-refractivity contribution is -0.0450. The molecule has 0 heterocycles. The third-order valence-electron chi connectivity index (χ3n) is 4.29. The average molecular weight is 270 g/mol. The number of hydrogen-bond acceptors (Lipinski definition) is 1. The van der Waals surface area contributed by atoms with Crippen molar-refractivity contribution in [2.24, 2.45) is 0 Å². The van der Waals surface area contributed by atoms with E-state index >= 15 is 4.39 Å². The maximum absolute atomic E-state index is 15.0. The molecule has 3 rings (SSSR count). The Hall–Kier alpha value is -1.67. The molecular weight excluding hydrogens is 251 g/mol. The van der Waals surface area contributed by atoms with Gasteiger partial charge in [0, 0.05) is 7.11 Å². The molecule has 0 aliphatic heterocycles. The highest BCUT2D eigenvalue weighted by Crippen LogP contribution is 2.43. The van der Waals surface area contributed by atoms with Crippen LogP contribution < -0.4 is 0 Å². The van der Waals surface area contributed by atoms with Crippen molar-refractivity contribution in [2.75, 3.05) is 7.11 Å². The first-order valence-corrected chi connectivity index (χ1v) is 7.12. The second-order valence-corrected chi connectivity index (χ2v) is 5.32. The number of benzene rings is 2. The monoisotopic (exact) mass is 270 g/mol. The van der Waals surface area contributed by atoms with Crippen LogP contribution in [0.15, 0.2) is 54.6 Å². The van der Waals surface area contributed by atoms with Gasteiger partial charge in [0.15, 0.2) is 0 Å². The van der Waals surface area contributed by atoms with Crippen LogP contribution in [-0.4, -0.2) is 13.3 Å². The summed E-state index contributed by atoms with van der Waals surface area (Å²) in [6.45, 7) is 0. The van der Waals surface area contributed by atoms with E-state index in [0.717, 1.165) is 24.0 Å². The molecule has 1 aliphatic rings. The van der Waals surface area contributed by atoms with Gasteiger partial charge in [-0.25, -0.2) is 4.39 Å². The van der Waals surface area contributed by atoms with E-state index in [2.05, 4.69) is 6.07 Å². The highest BCUT2D eigenvalue weighted by Gasteiger charge is 2.45. The van der Waals surface area contributed by atoms with E-state index in [1.165, 1.54) is 5.56 Å². The Bertz CT molecular complexity index is 581. The van der Waals surface area contributed by atoms with Crippen molar-refractivity contribution >= 4 is 0 Å². The molecule has 0 unspecified atom stereocenters. The molecule has 2 heteroatoms. The summed E-state index contributed by atoms with van der Waals surface area (Å²) in [6, 6.07) is 17.8. The Balaban J connectivity index is 2.26. The van der Waals surface area contributed by atoms with Gasteiger partial charge in [-0.05, 0) is 36.0 Å². The summed E-state index contributed by atoms with van der Waals surface area (Å²) in [5.74, 6) is 0. The Morgan fingerprint density at radius 3 is 2.50 bits per heavy atom. The Labute approximate surface area is 119 Å². The van der Waals surface area contributed by atoms with Crippen molar-refractivity contribution in [3.63, 3.8) is 0 Å². The molecule has 0 amide bonds. The van der Waals surface area contributed by atoms with E-state index in [1.54, 1.807) is 7.11 Å². The van der Waals surface area contributed by atoms with Crippen molar-refractivity contribution in [3.8, 4) is 0 Å². The van der Waals surface area contributed by atoms with Crippen molar-refractivity contribution in [3.05, 3.63) is 71.3 Å². The zero-order valence-corrected chi connectivity index (χ0v) is 11.7. The summed E-state index contributed by atoms with van der Waals surface area (Å²) in [7, 11) is 1.61. The van der Waals surface area contributed by atoms with Gasteiger partial charge in [-0.1, -0.05) is 54.6 Å². The predicted molar refractivity (Wildman–Crippen MR) is 78.5 cm³/mol. The molecule has 0 aromatic heterocycles. The molecule has 0 bridgehead atoms. The van der Waals surface area contributed by atoms with E-state index in [1.807, 2.05) is 48.5 Å². The molecule has 1 nitrogen and oxygen atoms in total. The van der Waals surface area contributed by atoms with E-state index in [-0.39, 0.29) is 0 Å². The SMILES string of the molecule is CO[C@]1(c2ccccc2)c2ccccc2CCC[C@H]1F. The van der Waals surface area contributed by atoms with Crippen LogP contribution in [0.25, 0.3) is 0 Å². The molecule has 2 aromatic rings. The minimum absolute atomic E-state index is 0.525. The number of ether oxygens (including phenoxy) is 1. The number of halogens is 1. The van der Waals surface area contributed by atoms with Gasteiger partial charge in [0.1, 0.15) is 11.8 Å². The molecule has 2 aromatic carbocycles. The molecule has 0 N–H and O–H groups in total. The molecule has 2 atom stereocenters. The van der Waals surface area contributed by atoms with E-state index in [0.29, 0.717) is 6.42 Å². The molecule has 1 aliphatic carbocycles. The van der Waals surface area contributed by atoms with Crippen molar-refractivity contribution < 1.29 is 9.13 Å². The summed E-state index contributed by atoms with van der Waals surface area (Å²) >= 11 is 0. The van der Waals surface area contributed by atoms with Crippen molar-refractivity contribution in [2.45, 2.75) is 31.0 Å². The smallest absolute Gasteiger partial charge is 0.149 e. The summed E-state index contributed by atoms with van der Waals surface area (Å²) < 4.78 is 20.8. The Morgan fingerprint density at radius 1 is 1.05 bits per heavy atom. The van der Waals surface area contributed by atoms with Crippen LogP contribution in [-0.2, 0) is 16.8 Å². The number of rotatable bonds is 2. The van der Waals surface area contributed by atoms with E-state index in [4.69, 9.17) is 4.74 Å². The highest BCUT2D eigenvalue weighted by molar-refractivity contribution is 5.43. The highest BCUT2D eigenvalue weighted by atomic mass is 19.1. The van der Waals surface area contributed by atoms with Crippen LogP contribution in [0.2, 0.25) is 0 Å². The molecule has 0 radical (unpaired) electrons. The predicted octanol–water partition coefficient (Wildman–Crippen LogP) is 4.25. The van der Waals surface area contributed by atoms with Crippen molar-refractivity contribution in [1.82, 2.24) is 0 Å². The molecule has 0 fully saturated rings. The standard InChI is InChI=1S/C18H19FO/c1-20-18(15-10-3-2-4-11-15)16-12-6-5-8-14(16)9-7-13-17(18)19/h2-6,8,10-12,17H,7,9,13H2,1H3/t17-,18-/m1/s1. The van der Waals surface area contributed by atoms with Gasteiger partial charge in [0.25, 0.3) is 0 Å². The van der Waals surface area contributed by atoms with Gasteiger partial charge in [0.2, 0.25) is 0 Å². The fraction of sp³-hybridized carbons (Fsp3) is 0.333. The average Bonchev–Trinajstić information content (AvgIpc) is 2.65. The van der Waals surface area contributed by atoms with Gasteiger partial charge in [-0.2, -0.15) is 0 Å². The molecule has 104 valence electrons. The Kier molecular flexibility index (Phi) is 3.58. The van der Waals surface area contributed by atoms with Gasteiger partial charge < -0.3 is 4.74 Å². The maximum atomic E-state index is 15.0. The molecule has 0 saturated heterocycles. The third kappa shape index (κ3) is 1.95. The van der Waals surface area contributed by atoms with Crippen LogP contribution in [0.4, 0.5) is 4.39 Å². The molecule has 0 saturated carbocycles. The lowest BCUT2D eigenvalue weighted by atomic mass is 9.80. The van der Waals surface area contributed by atoms with E-state index in [9.17, 15) is 0 Å². The molecular formula is C18H19FO. The number of aryl methyl sites for hydroxylation is 1. The quantitative estimate of drug-likeness (QED) is 0.741. The topological polar surface area (TPSA) is 9.23 Å². The fourth-order valence-corrected chi connectivity index (χ4v) is 3.32. The van der Waals surface area contributed by atoms with Crippen LogP contribution >= 0.6 is 0 Å². The summed E-state index contributed by atoms with van der Waals surface area (Å²) in [4.78, 5) is 0. The molecule has 20 heavy (non-hydrogen) atoms. The van der Waals surface area contributed by atoms with Gasteiger partial charge in [-0.15, -0.1) is 0 Å². The van der Waals surface area contributed by atoms with E-state index < -0.39 is 11.8 Å². The third-order valence-corrected chi connectivity index (χ3v) is 4.29. The largest absolute Gasteiger partial charge is 0.366 e. The second-order valence-electron chi connectivity index (χ2n) is 5.32. The number of alkyl halides is 1. The normalized spacial score (nSPS) is 25.8. The number of methoxy groups -OCH3 is 1. The summed E-state index contributed by atoms with van der Waals surface area (Å²) in [5, 5.41) is 0. The lowest BCUT2D eigenvalue weighted by Crippen LogP contribution is -2.40. The maximum Gasteiger partial charge on any atom is 0.149 e. The first kappa shape index (κ1) is 13.3. The first-order valence-electron chi connectivity index (χ1n) is 7.12. The summed E-state index contributed by atoms with van der Waals surface area (Å²) in [6.07, 6.45) is 1.26. The van der Waals surface area contributed by atoms with Crippen LogP contribution in [0.1, 0.15) is 29.5 Å². The minimum Gasteiger partial charge on any atom is -0.366 e. The summed E-state index contributed by atoms with van der Waals surface area (Å²) in [5.41, 5.74) is 2.08. The zero-order valence-electron chi connectivity index (χ0n) is 11.7. The first-order chi connectivity index (χ1) is 9.79. The minimum atomic E-state index is -1.03. The fourth-order valence-electron chi connectivity index (χ4n) is 3.32.